The van der Waals surface area contributed by atoms with E-state index in [1.54, 1.807) is 6.92 Å². The molecule has 1 aromatic rings. The van der Waals surface area contributed by atoms with Crippen molar-refractivity contribution < 1.29 is 18.3 Å². The quantitative estimate of drug-likeness (QED) is 0.828. The van der Waals surface area contributed by atoms with Gasteiger partial charge in [0, 0.05) is 10.0 Å². The number of aliphatic hydroxyl groups is 1. The summed E-state index contributed by atoms with van der Waals surface area (Å²) in [7, 11) is 0. The van der Waals surface area contributed by atoms with Crippen LogP contribution >= 0.6 is 15.9 Å². The Morgan fingerprint density at radius 3 is 2.36 bits per heavy atom. The molecule has 1 N–H and O–H groups in total. The Labute approximate surface area is 87.7 Å². The molecule has 0 unspecified atom stereocenters. The standard InChI is InChI=1S/C9H8BrF3O/c1-5-2-3-6(7(10)4-5)8(14)9(11,12)13/h2-4,8,14H,1H3/t8-/m1/s1. The fourth-order valence-corrected chi connectivity index (χ4v) is 1.74. The van der Waals surface area contributed by atoms with Gasteiger partial charge in [0.25, 0.3) is 0 Å². The molecule has 0 aromatic heterocycles. The van der Waals surface area contributed by atoms with Crippen LogP contribution in [0.1, 0.15) is 17.2 Å². The summed E-state index contributed by atoms with van der Waals surface area (Å²) in [5.74, 6) is 0. The van der Waals surface area contributed by atoms with E-state index in [1.165, 1.54) is 18.2 Å². The summed E-state index contributed by atoms with van der Waals surface area (Å²) in [6.07, 6.45) is -7.06. The second-order valence-electron chi connectivity index (χ2n) is 2.97. The van der Waals surface area contributed by atoms with Crippen molar-refractivity contribution in [1.82, 2.24) is 0 Å². The Hall–Kier alpha value is -0.550. The molecule has 0 fully saturated rings. The third kappa shape index (κ3) is 2.48. The van der Waals surface area contributed by atoms with Crippen LogP contribution in [0.15, 0.2) is 22.7 Å². The predicted octanol–water partition coefficient (Wildman–Crippen LogP) is 3.35. The SMILES string of the molecule is Cc1ccc([C@@H](O)C(F)(F)F)c(Br)c1. The van der Waals surface area contributed by atoms with Gasteiger partial charge in [-0.15, -0.1) is 0 Å². The molecule has 0 radical (unpaired) electrons. The maximum Gasteiger partial charge on any atom is 0.418 e. The molecule has 0 saturated heterocycles. The molecule has 0 aliphatic rings. The molecule has 0 amide bonds. The van der Waals surface area contributed by atoms with Crippen LogP contribution in [-0.4, -0.2) is 11.3 Å². The number of rotatable bonds is 1. The van der Waals surface area contributed by atoms with Gasteiger partial charge in [0.2, 0.25) is 0 Å². The summed E-state index contributed by atoms with van der Waals surface area (Å²) >= 11 is 2.98. The largest absolute Gasteiger partial charge is 0.418 e. The van der Waals surface area contributed by atoms with E-state index in [0.717, 1.165) is 5.56 Å². The fourth-order valence-electron chi connectivity index (χ4n) is 1.03. The first-order valence-corrected chi connectivity index (χ1v) is 4.62. The minimum absolute atomic E-state index is 0.164. The Kier molecular flexibility index (Phi) is 3.21. The maximum absolute atomic E-state index is 12.1. The van der Waals surface area contributed by atoms with Crippen molar-refractivity contribution >= 4 is 15.9 Å². The maximum atomic E-state index is 12.1. The summed E-state index contributed by atoms with van der Waals surface area (Å²) in [5, 5.41) is 8.97. The Balaban J connectivity index is 3.08. The van der Waals surface area contributed by atoms with E-state index in [4.69, 9.17) is 5.11 Å². The van der Waals surface area contributed by atoms with Gasteiger partial charge >= 0.3 is 6.18 Å². The normalized spacial score (nSPS) is 14.1. The molecular formula is C9H8BrF3O. The van der Waals surface area contributed by atoms with Crippen molar-refractivity contribution in [3.63, 3.8) is 0 Å². The van der Waals surface area contributed by atoms with Gasteiger partial charge in [-0.1, -0.05) is 28.1 Å². The van der Waals surface area contributed by atoms with E-state index in [2.05, 4.69) is 15.9 Å². The van der Waals surface area contributed by atoms with Crippen LogP contribution in [0.25, 0.3) is 0 Å². The Morgan fingerprint density at radius 1 is 1.36 bits per heavy atom. The molecule has 1 aromatic carbocycles. The molecule has 5 heteroatoms. The number of halogens is 4. The van der Waals surface area contributed by atoms with Crippen LogP contribution in [0.2, 0.25) is 0 Å². The average Bonchev–Trinajstić information content (AvgIpc) is 2.01. The number of aliphatic hydroxyl groups excluding tert-OH is 1. The summed E-state index contributed by atoms with van der Waals surface area (Å²) in [6.45, 7) is 1.76. The Bertz CT molecular complexity index is 335. The summed E-state index contributed by atoms with van der Waals surface area (Å²) in [4.78, 5) is 0. The lowest BCUT2D eigenvalue weighted by atomic mass is 10.1. The summed E-state index contributed by atoms with van der Waals surface area (Å²) in [6, 6.07) is 4.32. The molecule has 0 aliphatic heterocycles. The van der Waals surface area contributed by atoms with E-state index in [0.29, 0.717) is 0 Å². The van der Waals surface area contributed by atoms with Crippen molar-refractivity contribution in [3.8, 4) is 0 Å². The first-order chi connectivity index (χ1) is 6.32. The molecule has 1 nitrogen and oxygen atoms in total. The van der Waals surface area contributed by atoms with Gasteiger partial charge in [-0.05, 0) is 18.6 Å². The highest BCUT2D eigenvalue weighted by Crippen LogP contribution is 2.36. The zero-order valence-electron chi connectivity index (χ0n) is 7.27. The fraction of sp³-hybridized carbons (Fsp3) is 0.333. The summed E-state index contributed by atoms with van der Waals surface area (Å²) < 4.78 is 36.7. The zero-order chi connectivity index (χ0) is 10.9. The lowest BCUT2D eigenvalue weighted by Crippen LogP contribution is -2.20. The van der Waals surface area contributed by atoms with Crippen LogP contribution < -0.4 is 0 Å². The van der Waals surface area contributed by atoms with Crippen molar-refractivity contribution in [2.45, 2.75) is 19.2 Å². The first kappa shape index (κ1) is 11.5. The minimum Gasteiger partial charge on any atom is -0.379 e. The van der Waals surface area contributed by atoms with Gasteiger partial charge in [0.1, 0.15) is 0 Å². The van der Waals surface area contributed by atoms with E-state index < -0.39 is 12.3 Å². The van der Waals surface area contributed by atoms with Gasteiger partial charge in [0.15, 0.2) is 6.10 Å². The van der Waals surface area contributed by atoms with Gasteiger partial charge < -0.3 is 5.11 Å². The van der Waals surface area contributed by atoms with Crippen molar-refractivity contribution in [2.75, 3.05) is 0 Å². The molecule has 0 spiro atoms. The average molecular weight is 269 g/mol. The van der Waals surface area contributed by atoms with Crippen molar-refractivity contribution in [3.05, 3.63) is 33.8 Å². The first-order valence-electron chi connectivity index (χ1n) is 3.83. The number of hydrogen-bond acceptors (Lipinski definition) is 1. The van der Waals surface area contributed by atoms with Gasteiger partial charge in [-0.3, -0.25) is 0 Å². The third-order valence-electron chi connectivity index (χ3n) is 1.76. The monoisotopic (exact) mass is 268 g/mol. The van der Waals surface area contributed by atoms with Crippen molar-refractivity contribution in [1.29, 1.82) is 0 Å². The van der Waals surface area contributed by atoms with E-state index in [1.807, 2.05) is 0 Å². The highest BCUT2D eigenvalue weighted by Gasteiger charge is 2.40. The number of hydrogen-bond donors (Lipinski definition) is 1. The minimum atomic E-state index is -4.63. The molecule has 1 atom stereocenters. The lowest BCUT2D eigenvalue weighted by molar-refractivity contribution is -0.207. The number of aryl methyl sites for hydroxylation is 1. The molecule has 1 rings (SSSR count). The third-order valence-corrected chi connectivity index (χ3v) is 2.45. The predicted molar refractivity (Wildman–Crippen MR) is 49.9 cm³/mol. The van der Waals surface area contributed by atoms with Crippen LogP contribution in [0.3, 0.4) is 0 Å². The van der Waals surface area contributed by atoms with Crippen LogP contribution in [0.5, 0.6) is 0 Å². The zero-order valence-corrected chi connectivity index (χ0v) is 8.85. The van der Waals surface area contributed by atoms with E-state index >= 15 is 0 Å². The molecule has 0 heterocycles. The second-order valence-corrected chi connectivity index (χ2v) is 3.82. The number of alkyl halides is 3. The smallest absolute Gasteiger partial charge is 0.379 e. The highest BCUT2D eigenvalue weighted by molar-refractivity contribution is 9.10. The van der Waals surface area contributed by atoms with Crippen LogP contribution in [0, 0.1) is 6.92 Å². The van der Waals surface area contributed by atoms with Crippen LogP contribution in [-0.2, 0) is 0 Å². The van der Waals surface area contributed by atoms with Crippen molar-refractivity contribution in [2.24, 2.45) is 0 Å². The lowest BCUT2D eigenvalue weighted by Gasteiger charge is -2.16. The molecule has 14 heavy (non-hydrogen) atoms. The number of benzene rings is 1. The van der Waals surface area contributed by atoms with Gasteiger partial charge in [-0.25, -0.2) is 0 Å². The molecule has 78 valence electrons. The highest BCUT2D eigenvalue weighted by atomic mass is 79.9. The second kappa shape index (κ2) is 3.90. The van der Waals surface area contributed by atoms with E-state index in [9.17, 15) is 13.2 Å². The molecule has 0 saturated carbocycles. The van der Waals surface area contributed by atoms with Gasteiger partial charge in [0.05, 0.1) is 0 Å². The topological polar surface area (TPSA) is 20.2 Å². The molecular weight excluding hydrogens is 261 g/mol. The molecule has 0 bridgehead atoms. The Morgan fingerprint density at radius 2 is 1.93 bits per heavy atom. The molecule has 0 aliphatic carbocycles. The van der Waals surface area contributed by atoms with Crippen LogP contribution in [0.4, 0.5) is 13.2 Å². The van der Waals surface area contributed by atoms with Gasteiger partial charge in [-0.2, -0.15) is 13.2 Å². The van der Waals surface area contributed by atoms with E-state index in [-0.39, 0.29) is 10.0 Å². The summed E-state index contributed by atoms with van der Waals surface area (Å²) in [5.41, 5.74) is 0.665.